The second kappa shape index (κ2) is 10.2. The van der Waals surface area contributed by atoms with E-state index in [-0.39, 0.29) is 27.5 Å². The average Bonchev–Trinajstić information content (AvgIpc) is 2.67. The number of ether oxygens (including phenoxy) is 2. The van der Waals surface area contributed by atoms with Crippen LogP contribution in [-0.4, -0.2) is 28.6 Å². The van der Waals surface area contributed by atoms with Gasteiger partial charge in [-0.2, -0.15) is 5.26 Å². The van der Waals surface area contributed by atoms with Crippen molar-refractivity contribution in [2.45, 2.75) is 26.4 Å². The van der Waals surface area contributed by atoms with Crippen LogP contribution in [0.2, 0.25) is 0 Å². The number of hydrogen-bond acceptors (Lipinski definition) is 7. The molecule has 0 saturated carbocycles. The Hall–Kier alpha value is -3.45. The molecule has 0 aliphatic carbocycles. The molecule has 8 nitrogen and oxygen atoms in total. The number of allylic oxidation sites excluding steroid dienone is 3. The number of nitrogens with zero attached hydrogens (tertiary/aromatic N) is 1. The summed E-state index contributed by atoms with van der Waals surface area (Å²) in [5.74, 6) is -1.04. The highest BCUT2D eigenvalue weighted by atomic mass is 32.1. The van der Waals surface area contributed by atoms with Gasteiger partial charge in [-0.3, -0.25) is 14.7 Å². The molecule has 0 unspecified atom stereocenters. The van der Waals surface area contributed by atoms with Crippen LogP contribution in [-0.2, 0) is 19.2 Å². The summed E-state index contributed by atoms with van der Waals surface area (Å²) in [5, 5.41) is 9.20. The molecule has 154 valence electrons. The smallest absolute Gasteiger partial charge is 0.391 e. The molecule has 0 aromatic carbocycles. The van der Waals surface area contributed by atoms with Crippen molar-refractivity contribution < 1.29 is 23.7 Å². The molecule has 0 bridgehead atoms. The second-order valence-corrected chi connectivity index (χ2v) is 6.37. The Bertz CT molecular complexity index is 1040. The molecule has 0 radical (unpaired) electrons. The van der Waals surface area contributed by atoms with E-state index in [9.17, 15) is 19.4 Å². The van der Waals surface area contributed by atoms with E-state index in [1.165, 1.54) is 39.2 Å². The van der Waals surface area contributed by atoms with Crippen molar-refractivity contribution in [1.82, 2.24) is 9.97 Å². The minimum atomic E-state index is -1.69. The molecule has 1 heterocycles. The third kappa shape index (κ3) is 5.76. The molecule has 1 aromatic rings. The molecule has 0 spiro atoms. The maximum atomic E-state index is 12.4. The van der Waals surface area contributed by atoms with Crippen molar-refractivity contribution in [3.63, 3.8) is 0 Å². The first-order valence-electron chi connectivity index (χ1n) is 8.19. The summed E-state index contributed by atoms with van der Waals surface area (Å²) in [6.07, 6.45) is 5.87. The lowest BCUT2D eigenvalue weighted by Crippen LogP contribution is -2.35. The standard InChI is InChI=1S/C19H20FN3O5S/c1-6-11(8-9-13-12(10-21)16(24)23-18(29)22-13)15(14(7-2)26-5)27-19(3,4)17(25)28-20/h6-9H,2H2,1,3-5H3,(H2,22,23,24,29)/b9-8+,11-6-,15-14-. The van der Waals surface area contributed by atoms with Crippen LogP contribution in [0.25, 0.3) is 6.08 Å². The number of aromatic nitrogens is 2. The monoisotopic (exact) mass is 421 g/mol. The highest BCUT2D eigenvalue weighted by Crippen LogP contribution is 2.27. The van der Waals surface area contributed by atoms with Crippen LogP contribution in [0.3, 0.4) is 0 Å². The van der Waals surface area contributed by atoms with Crippen molar-refractivity contribution in [2.24, 2.45) is 0 Å². The maximum Gasteiger partial charge on any atom is 0.391 e. The number of methoxy groups -OCH3 is 1. The van der Waals surface area contributed by atoms with Gasteiger partial charge in [0, 0.05) is 10.1 Å². The third-order valence-electron chi connectivity index (χ3n) is 3.63. The molecule has 1 aromatic heterocycles. The topological polar surface area (TPSA) is 117 Å². The zero-order chi connectivity index (χ0) is 22.2. The minimum Gasteiger partial charge on any atom is -0.493 e. The fourth-order valence-corrected chi connectivity index (χ4v) is 2.33. The molecule has 0 atom stereocenters. The fourth-order valence-electron chi connectivity index (χ4n) is 2.13. The quantitative estimate of drug-likeness (QED) is 0.375. The zero-order valence-corrected chi connectivity index (χ0v) is 17.1. The molecule has 29 heavy (non-hydrogen) atoms. The lowest BCUT2D eigenvalue weighted by molar-refractivity contribution is -0.203. The zero-order valence-electron chi connectivity index (χ0n) is 16.3. The maximum absolute atomic E-state index is 12.4. The number of nitriles is 1. The number of hydrogen-bond donors (Lipinski definition) is 2. The fraction of sp³-hybridized carbons (Fsp3) is 0.263. The summed E-state index contributed by atoms with van der Waals surface area (Å²) >= 11 is 4.92. The number of nitrogens with one attached hydrogen (secondary N) is 2. The highest BCUT2D eigenvalue weighted by molar-refractivity contribution is 7.71. The molecule has 0 amide bonds. The first-order valence-corrected chi connectivity index (χ1v) is 8.60. The van der Waals surface area contributed by atoms with Crippen LogP contribution in [0.5, 0.6) is 0 Å². The van der Waals surface area contributed by atoms with Gasteiger partial charge in [-0.05, 0) is 51.2 Å². The molecule has 0 aliphatic heterocycles. The second-order valence-electron chi connectivity index (χ2n) is 5.96. The van der Waals surface area contributed by atoms with Gasteiger partial charge in [0.05, 0.1) is 12.8 Å². The van der Waals surface area contributed by atoms with Gasteiger partial charge in [-0.25, -0.2) is 4.79 Å². The molecule has 0 fully saturated rings. The van der Waals surface area contributed by atoms with Crippen LogP contribution >= 0.6 is 12.2 Å². The number of carbonyl (C=O) groups excluding carboxylic acids is 1. The third-order valence-corrected chi connectivity index (χ3v) is 3.84. The van der Waals surface area contributed by atoms with Gasteiger partial charge in [0.1, 0.15) is 11.6 Å². The molecule has 1 rings (SSSR count). The van der Waals surface area contributed by atoms with E-state index in [0.29, 0.717) is 5.57 Å². The van der Waals surface area contributed by atoms with E-state index in [0.717, 1.165) is 0 Å². The van der Waals surface area contributed by atoms with E-state index >= 15 is 0 Å². The molecule has 2 N–H and O–H groups in total. The Morgan fingerprint density at radius 3 is 2.52 bits per heavy atom. The summed E-state index contributed by atoms with van der Waals surface area (Å²) in [6.45, 7) is 7.91. The predicted molar refractivity (Wildman–Crippen MR) is 106 cm³/mol. The first kappa shape index (κ1) is 23.6. The Labute approximate surface area is 171 Å². The van der Waals surface area contributed by atoms with Crippen molar-refractivity contribution in [3.8, 4) is 6.07 Å². The Morgan fingerprint density at radius 2 is 2.03 bits per heavy atom. The van der Waals surface area contributed by atoms with Crippen molar-refractivity contribution in [1.29, 1.82) is 5.26 Å². The molecular formula is C19H20FN3O5S. The number of aromatic amines is 2. The summed E-state index contributed by atoms with van der Waals surface area (Å²) in [4.78, 5) is 31.9. The van der Waals surface area contributed by atoms with Gasteiger partial charge >= 0.3 is 5.97 Å². The number of rotatable bonds is 8. The molecule has 0 aliphatic rings. The molecular weight excluding hydrogens is 401 g/mol. The van der Waals surface area contributed by atoms with Crippen LogP contribution in [0.1, 0.15) is 32.0 Å². The number of carbonyl (C=O) groups is 1. The van der Waals surface area contributed by atoms with Gasteiger partial charge in [0.25, 0.3) is 5.56 Å². The lowest BCUT2D eigenvalue weighted by Gasteiger charge is -2.25. The first-order chi connectivity index (χ1) is 13.6. The largest absolute Gasteiger partial charge is 0.493 e. The Morgan fingerprint density at radius 1 is 1.38 bits per heavy atom. The van der Waals surface area contributed by atoms with Crippen LogP contribution in [0.15, 0.2) is 46.7 Å². The summed E-state index contributed by atoms with van der Waals surface area (Å²) in [7, 11) is 1.36. The van der Waals surface area contributed by atoms with Gasteiger partial charge in [0.15, 0.2) is 16.3 Å². The van der Waals surface area contributed by atoms with E-state index in [1.54, 1.807) is 19.1 Å². The van der Waals surface area contributed by atoms with Crippen molar-refractivity contribution in [3.05, 3.63) is 68.3 Å². The van der Waals surface area contributed by atoms with Gasteiger partial charge < -0.3 is 14.5 Å². The summed E-state index contributed by atoms with van der Waals surface area (Å²) in [6, 6.07) is 1.79. The van der Waals surface area contributed by atoms with Gasteiger partial charge in [-0.15, -0.1) is 0 Å². The van der Waals surface area contributed by atoms with Crippen LogP contribution in [0, 0.1) is 16.1 Å². The van der Waals surface area contributed by atoms with Gasteiger partial charge in [-0.1, -0.05) is 12.7 Å². The van der Waals surface area contributed by atoms with E-state index < -0.39 is 17.1 Å². The van der Waals surface area contributed by atoms with Crippen LogP contribution < -0.4 is 5.56 Å². The average molecular weight is 421 g/mol. The number of H-pyrrole nitrogens is 2. The number of halogens is 1. The summed E-state index contributed by atoms with van der Waals surface area (Å²) < 4.78 is 23.3. The van der Waals surface area contributed by atoms with Gasteiger partial charge in [0.2, 0.25) is 5.60 Å². The Balaban J connectivity index is 3.53. The highest BCUT2D eigenvalue weighted by Gasteiger charge is 2.35. The minimum absolute atomic E-state index is 0.0400. The van der Waals surface area contributed by atoms with E-state index in [2.05, 4.69) is 21.5 Å². The van der Waals surface area contributed by atoms with E-state index in [4.69, 9.17) is 21.7 Å². The van der Waals surface area contributed by atoms with Crippen molar-refractivity contribution >= 4 is 24.3 Å². The SMILES string of the molecule is C=C\C(OC)=C(OC(C)(C)C(=O)OF)/C(=C\C)/C=C/c1[nH]c(=S)[nH]c(=O)c1C#N. The lowest BCUT2D eigenvalue weighted by atomic mass is 10.1. The molecule has 10 heteroatoms. The van der Waals surface area contributed by atoms with Crippen LogP contribution in [0.4, 0.5) is 4.53 Å². The van der Waals surface area contributed by atoms with Crippen molar-refractivity contribution in [2.75, 3.05) is 7.11 Å². The molecule has 0 saturated heterocycles. The normalized spacial score (nSPS) is 12.8. The van der Waals surface area contributed by atoms with E-state index in [1.807, 2.05) is 0 Å². The Kier molecular flexibility index (Phi) is 8.29. The predicted octanol–water partition coefficient (Wildman–Crippen LogP) is 3.53. The summed E-state index contributed by atoms with van der Waals surface area (Å²) in [5.41, 5.74) is -1.96.